The van der Waals surface area contributed by atoms with Crippen LogP contribution in [0.5, 0.6) is 0 Å². The summed E-state index contributed by atoms with van der Waals surface area (Å²) >= 11 is 0. The van der Waals surface area contributed by atoms with Gasteiger partial charge in [-0.3, -0.25) is 0 Å². The summed E-state index contributed by atoms with van der Waals surface area (Å²) in [5.74, 6) is 0.513. The molecule has 0 heterocycles. The van der Waals surface area contributed by atoms with Crippen LogP contribution < -0.4 is 0 Å². The first-order chi connectivity index (χ1) is 8.09. The molecule has 0 spiro atoms. The molecule has 2 rings (SSSR count). The quantitative estimate of drug-likeness (QED) is 0.665. The van der Waals surface area contributed by atoms with Crippen LogP contribution in [0.1, 0.15) is 44.2 Å². The van der Waals surface area contributed by atoms with E-state index >= 15 is 0 Å². The molecule has 0 N–H and O–H groups in total. The molecule has 1 aromatic carbocycles. The summed E-state index contributed by atoms with van der Waals surface area (Å²) in [4.78, 5) is 0. The Morgan fingerprint density at radius 2 is 1.88 bits per heavy atom. The fourth-order valence-corrected chi connectivity index (χ4v) is 2.84. The van der Waals surface area contributed by atoms with E-state index in [2.05, 4.69) is 70.2 Å². The minimum absolute atomic E-state index is 0.265. The van der Waals surface area contributed by atoms with Crippen LogP contribution in [0.15, 0.2) is 48.1 Å². The Labute approximate surface area is 105 Å². The fourth-order valence-electron chi connectivity index (χ4n) is 2.84. The smallest absolute Gasteiger partial charge is 0.0115 e. The molecule has 0 amide bonds. The molecule has 17 heavy (non-hydrogen) atoms. The first-order valence-electron chi connectivity index (χ1n) is 6.50. The number of hydrogen-bond donors (Lipinski definition) is 0. The summed E-state index contributed by atoms with van der Waals surface area (Å²) in [6.07, 6.45) is 8.01. The van der Waals surface area contributed by atoms with Crippen LogP contribution in [-0.2, 0) is 0 Å². The van der Waals surface area contributed by atoms with E-state index in [-0.39, 0.29) is 5.41 Å². The summed E-state index contributed by atoms with van der Waals surface area (Å²) in [5, 5.41) is 0. The van der Waals surface area contributed by atoms with E-state index in [1.54, 1.807) is 0 Å². The Morgan fingerprint density at radius 3 is 2.53 bits per heavy atom. The monoisotopic (exact) mass is 226 g/mol. The van der Waals surface area contributed by atoms with Crippen LogP contribution in [0.2, 0.25) is 0 Å². The van der Waals surface area contributed by atoms with Gasteiger partial charge in [-0.2, -0.15) is 0 Å². The zero-order chi connectivity index (χ0) is 12.5. The molecule has 0 aliphatic heterocycles. The van der Waals surface area contributed by atoms with Gasteiger partial charge in [0.15, 0.2) is 0 Å². The number of rotatable bonds is 2. The molecule has 2 unspecified atom stereocenters. The lowest BCUT2D eigenvalue weighted by Crippen LogP contribution is -2.27. The molecule has 0 saturated heterocycles. The molecule has 90 valence electrons. The minimum atomic E-state index is 0.265. The number of aryl methyl sites for hydroxylation is 1. The average molecular weight is 226 g/mol. The van der Waals surface area contributed by atoms with Crippen LogP contribution in [0.25, 0.3) is 0 Å². The third kappa shape index (κ3) is 1.97. The first-order valence-corrected chi connectivity index (χ1v) is 6.50. The highest BCUT2D eigenvalue weighted by molar-refractivity contribution is 5.40. The highest BCUT2D eigenvalue weighted by atomic mass is 14.4. The molecule has 1 aromatic rings. The van der Waals surface area contributed by atoms with E-state index in [9.17, 15) is 0 Å². The predicted molar refractivity (Wildman–Crippen MR) is 75.2 cm³/mol. The molecule has 0 bridgehead atoms. The maximum atomic E-state index is 2.39. The van der Waals surface area contributed by atoms with Crippen molar-refractivity contribution in [3.63, 3.8) is 0 Å². The van der Waals surface area contributed by atoms with Crippen LogP contribution in [0.4, 0.5) is 0 Å². The Bertz CT molecular complexity index is 465. The zero-order valence-electron chi connectivity index (χ0n) is 11.3. The lowest BCUT2D eigenvalue weighted by atomic mass is 9.65. The molecule has 0 saturated carbocycles. The zero-order valence-corrected chi connectivity index (χ0v) is 11.3. The second-order valence-corrected chi connectivity index (χ2v) is 5.34. The van der Waals surface area contributed by atoms with Crippen molar-refractivity contribution in [3.05, 3.63) is 59.2 Å². The molecular formula is C17H22. The van der Waals surface area contributed by atoms with E-state index in [1.807, 2.05) is 0 Å². The Balaban J connectivity index is 2.49. The fraction of sp³-hybridized carbons (Fsp3) is 0.412. The van der Waals surface area contributed by atoms with E-state index in [1.165, 1.54) is 23.1 Å². The average Bonchev–Trinajstić information content (AvgIpc) is 2.34. The van der Waals surface area contributed by atoms with Crippen molar-refractivity contribution in [1.82, 2.24) is 0 Å². The first kappa shape index (κ1) is 12.2. The summed E-state index contributed by atoms with van der Waals surface area (Å²) in [6.45, 7) is 9.16. The van der Waals surface area contributed by atoms with Crippen molar-refractivity contribution in [2.75, 3.05) is 0 Å². The van der Waals surface area contributed by atoms with Gasteiger partial charge in [0.05, 0.1) is 0 Å². The number of allylic oxidation sites excluding steroid dienone is 4. The summed E-state index contributed by atoms with van der Waals surface area (Å²) in [5.41, 5.74) is 4.63. The van der Waals surface area contributed by atoms with Crippen molar-refractivity contribution >= 4 is 0 Å². The van der Waals surface area contributed by atoms with Gasteiger partial charge < -0.3 is 0 Å². The van der Waals surface area contributed by atoms with Gasteiger partial charge in [0.2, 0.25) is 0 Å². The molecule has 1 aliphatic rings. The molecule has 0 aromatic heterocycles. The minimum Gasteiger partial charge on any atom is -0.0761 e. The van der Waals surface area contributed by atoms with Gasteiger partial charge in [-0.15, -0.1) is 0 Å². The van der Waals surface area contributed by atoms with Gasteiger partial charge in [0.25, 0.3) is 0 Å². The predicted octanol–water partition coefficient (Wildman–Crippen LogP) is 5.01. The van der Waals surface area contributed by atoms with Crippen molar-refractivity contribution in [3.8, 4) is 0 Å². The lowest BCUT2D eigenvalue weighted by molar-refractivity contribution is 0.335. The second-order valence-electron chi connectivity index (χ2n) is 5.34. The Hall–Kier alpha value is -1.30. The standard InChI is InChI=1S/C17H22/c1-5-17(4)14(3)10-8-12-16(17)15-11-7-6-9-13(15)2/h6-12,16H,5H2,1-4H3. The van der Waals surface area contributed by atoms with Gasteiger partial charge in [0.1, 0.15) is 0 Å². The number of hydrogen-bond acceptors (Lipinski definition) is 0. The molecule has 0 heteroatoms. The van der Waals surface area contributed by atoms with E-state index in [4.69, 9.17) is 0 Å². The number of benzene rings is 1. The van der Waals surface area contributed by atoms with Gasteiger partial charge in [0, 0.05) is 5.92 Å². The van der Waals surface area contributed by atoms with Gasteiger partial charge in [-0.05, 0) is 36.8 Å². The normalized spacial score (nSPS) is 28.0. The van der Waals surface area contributed by atoms with E-state index in [0.717, 1.165) is 0 Å². The topological polar surface area (TPSA) is 0 Å². The van der Waals surface area contributed by atoms with E-state index in [0.29, 0.717) is 5.92 Å². The van der Waals surface area contributed by atoms with Gasteiger partial charge in [-0.25, -0.2) is 0 Å². The third-order valence-corrected chi connectivity index (χ3v) is 4.50. The highest BCUT2D eigenvalue weighted by Gasteiger charge is 2.35. The largest absolute Gasteiger partial charge is 0.0761 e. The Kier molecular flexibility index (Phi) is 3.24. The molecule has 0 nitrogen and oxygen atoms in total. The van der Waals surface area contributed by atoms with Crippen LogP contribution in [0, 0.1) is 12.3 Å². The van der Waals surface area contributed by atoms with Gasteiger partial charge in [-0.1, -0.05) is 61.9 Å². The Morgan fingerprint density at radius 1 is 1.18 bits per heavy atom. The highest BCUT2D eigenvalue weighted by Crippen LogP contribution is 2.47. The lowest BCUT2D eigenvalue weighted by Gasteiger charge is -2.39. The van der Waals surface area contributed by atoms with E-state index < -0.39 is 0 Å². The van der Waals surface area contributed by atoms with Crippen molar-refractivity contribution in [2.24, 2.45) is 5.41 Å². The van der Waals surface area contributed by atoms with Crippen molar-refractivity contribution in [2.45, 2.75) is 40.0 Å². The second kappa shape index (κ2) is 4.52. The SMILES string of the molecule is CCC1(C)C(C)=CC=CC1c1ccccc1C. The van der Waals surface area contributed by atoms with Crippen LogP contribution >= 0.6 is 0 Å². The third-order valence-electron chi connectivity index (χ3n) is 4.50. The van der Waals surface area contributed by atoms with Crippen LogP contribution in [0.3, 0.4) is 0 Å². The molecular weight excluding hydrogens is 204 g/mol. The summed E-state index contributed by atoms with van der Waals surface area (Å²) in [7, 11) is 0. The molecule has 1 aliphatic carbocycles. The molecule has 2 atom stereocenters. The van der Waals surface area contributed by atoms with Crippen LogP contribution in [-0.4, -0.2) is 0 Å². The molecule has 0 fully saturated rings. The van der Waals surface area contributed by atoms with Crippen molar-refractivity contribution in [1.29, 1.82) is 0 Å². The molecule has 0 radical (unpaired) electrons. The van der Waals surface area contributed by atoms with Crippen molar-refractivity contribution < 1.29 is 0 Å². The maximum Gasteiger partial charge on any atom is 0.0115 e. The maximum absolute atomic E-state index is 2.39. The summed E-state index contributed by atoms with van der Waals surface area (Å²) in [6, 6.07) is 8.76. The van der Waals surface area contributed by atoms with Gasteiger partial charge >= 0.3 is 0 Å². The summed E-state index contributed by atoms with van der Waals surface area (Å²) < 4.78 is 0.